The first-order valence-electron chi connectivity index (χ1n) is 8.66. The van der Waals surface area contributed by atoms with Crippen LogP contribution in [0.4, 0.5) is 0 Å². The Morgan fingerprint density at radius 1 is 1.19 bits per heavy atom. The number of nitrogens with zero attached hydrogens (tertiary/aromatic N) is 3. The van der Waals surface area contributed by atoms with Crippen molar-refractivity contribution in [3.63, 3.8) is 0 Å². The molecular formula is C17H27ClN4O3S. The molecule has 0 aromatic heterocycles. The minimum absolute atomic E-state index is 0. The highest BCUT2D eigenvalue weighted by Crippen LogP contribution is 2.24. The normalized spacial score (nSPS) is 22.0. The molecule has 2 aliphatic heterocycles. The van der Waals surface area contributed by atoms with Crippen LogP contribution in [0.15, 0.2) is 29.2 Å². The molecule has 2 aliphatic rings. The molecule has 0 saturated carbocycles. The number of amides is 1. The van der Waals surface area contributed by atoms with Crippen molar-refractivity contribution in [2.24, 2.45) is 0 Å². The molecule has 0 spiro atoms. The van der Waals surface area contributed by atoms with Crippen molar-refractivity contribution in [1.29, 1.82) is 0 Å². The van der Waals surface area contributed by atoms with Crippen LogP contribution in [0.25, 0.3) is 0 Å². The van der Waals surface area contributed by atoms with E-state index in [1.165, 1.54) is 11.0 Å². The Labute approximate surface area is 161 Å². The molecule has 26 heavy (non-hydrogen) atoms. The molecule has 1 unspecified atom stereocenters. The van der Waals surface area contributed by atoms with E-state index in [0.29, 0.717) is 18.7 Å². The zero-order valence-electron chi connectivity index (χ0n) is 15.2. The van der Waals surface area contributed by atoms with Gasteiger partial charge in [-0.3, -0.25) is 9.69 Å². The van der Waals surface area contributed by atoms with E-state index < -0.39 is 10.0 Å². The molecule has 2 heterocycles. The highest BCUT2D eigenvalue weighted by Gasteiger charge is 2.35. The third-order valence-electron chi connectivity index (χ3n) is 4.92. The van der Waals surface area contributed by atoms with Crippen LogP contribution in [0.5, 0.6) is 0 Å². The van der Waals surface area contributed by atoms with E-state index in [4.69, 9.17) is 0 Å². The molecule has 2 fully saturated rings. The molecule has 1 N–H and O–H groups in total. The number of benzene rings is 1. The molecule has 0 radical (unpaired) electrons. The van der Waals surface area contributed by atoms with Crippen molar-refractivity contribution < 1.29 is 13.2 Å². The van der Waals surface area contributed by atoms with E-state index in [1.807, 2.05) is 0 Å². The Balaban J connectivity index is 0.00000243. The Kier molecular flexibility index (Phi) is 7.04. The molecule has 1 aromatic carbocycles. The Hall–Kier alpha value is -1.19. The van der Waals surface area contributed by atoms with Crippen molar-refractivity contribution in [2.75, 3.05) is 53.4 Å². The number of hydrogen-bond acceptors (Lipinski definition) is 5. The number of hydrogen-bond donors (Lipinski definition) is 1. The molecule has 0 bridgehead atoms. The van der Waals surface area contributed by atoms with Gasteiger partial charge in [-0.15, -0.1) is 12.4 Å². The van der Waals surface area contributed by atoms with E-state index in [9.17, 15) is 13.2 Å². The predicted molar refractivity (Wildman–Crippen MR) is 103 cm³/mol. The van der Waals surface area contributed by atoms with Crippen LogP contribution in [-0.4, -0.2) is 87.8 Å². The van der Waals surface area contributed by atoms with Gasteiger partial charge in [0.2, 0.25) is 10.0 Å². The molecule has 0 aliphatic carbocycles. The molecule has 1 atom stereocenters. The Bertz CT molecular complexity index is 735. The van der Waals surface area contributed by atoms with Crippen molar-refractivity contribution in [3.8, 4) is 0 Å². The largest absolute Gasteiger partial charge is 0.345 e. The van der Waals surface area contributed by atoms with Gasteiger partial charge in [-0.2, -0.15) is 4.31 Å². The van der Waals surface area contributed by atoms with Crippen LogP contribution in [0.2, 0.25) is 0 Å². The van der Waals surface area contributed by atoms with Crippen molar-refractivity contribution in [1.82, 2.24) is 19.4 Å². The maximum absolute atomic E-state index is 13.0. The summed E-state index contributed by atoms with van der Waals surface area (Å²) < 4.78 is 27.5. The van der Waals surface area contributed by atoms with Crippen molar-refractivity contribution in [2.45, 2.75) is 17.4 Å². The van der Waals surface area contributed by atoms with Gasteiger partial charge in [-0.05, 0) is 24.6 Å². The first-order chi connectivity index (χ1) is 11.9. The second-order valence-corrected chi connectivity index (χ2v) is 8.76. The number of carbonyl (C=O) groups excluding carboxylic acids is 1. The van der Waals surface area contributed by atoms with E-state index in [2.05, 4.69) is 10.2 Å². The van der Waals surface area contributed by atoms with E-state index in [-0.39, 0.29) is 29.3 Å². The highest BCUT2D eigenvalue weighted by atomic mass is 35.5. The summed E-state index contributed by atoms with van der Waals surface area (Å²) in [6.07, 6.45) is 0.857. The first-order valence-corrected chi connectivity index (χ1v) is 10.1. The second-order valence-electron chi connectivity index (χ2n) is 6.82. The minimum Gasteiger partial charge on any atom is -0.345 e. The fourth-order valence-electron chi connectivity index (χ4n) is 3.47. The Morgan fingerprint density at radius 3 is 2.54 bits per heavy atom. The average Bonchev–Trinajstić information content (AvgIpc) is 3.13. The predicted octanol–water partition coefficient (Wildman–Crippen LogP) is 0.478. The number of halogens is 1. The van der Waals surface area contributed by atoms with Gasteiger partial charge in [0.15, 0.2) is 0 Å². The maximum Gasteiger partial charge on any atom is 0.253 e. The molecule has 3 rings (SSSR count). The zero-order valence-corrected chi connectivity index (χ0v) is 16.9. The number of carbonyl (C=O) groups is 1. The molecule has 1 aromatic rings. The lowest BCUT2D eigenvalue weighted by molar-refractivity contribution is 0.0827. The lowest BCUT2D eigenvalue weighted by Crippen LogP contribution is -2.49. The molecule has 146 valence electrons. The summed E-state index contributed by atoms with van der Waals surface area (Å²) in [4.78, 5) is 16.1. The van der Waals surface area contributed by atoms with Crippen LogP contribution in [-0.2, 0) is 10.0 Å². The van der Waals surface area contributed by atoms with Gasteiger partial charge in [-0.25, -0.2) is 8.42 Å². The van der Waals surface area contributed by atoms with Crippen LogP contribution >= 0.6 is 12.4 Å². The smallest absolute Gasteiger partial charge is 0.253 e. The van der Waals surface area contributed by atoms with Crippen LogP contribution in [0, 0.1) is 0 Å². The summed E-state index contributed by atoms with van der Waals surface area (Å²) in [5.74, 6) is -0.197. The van der Waals surface area contributed by atoms with Crippen molar-refractivity contribution >= 4 is 28.3 Å². The quantitative estimate of drug-likeness (QED) is 0.793. The lowest BCUT2D eigenvalue weighted by Gasteiger charge is -2.32. The number of sulfonamides is 1. The fraction of sp³-hybridized carbons (Fsp3) is 0.588. The third-order valence-corrected chi connectivity index (χ3v) is 6.78. The maximum atomic E-state index is 13.0. The molecule has 9 heteroatoms. The van der Waals surface area contributed by atoms with Crippen LogP contribution in [0.3, 0.4) is 0 Å². The molecule has 7 nitrogen and oxygen atoms in total. The van der Waals surface area contributed by atoms with Gasteiger partial charge >= 0.3 is 0 Å². The first kappa shape index (κ1) is 21.1. The fourth-order valence-corrected chi connectivity index (χ4v) is 5.01. The lowest BCUT2D eigenvalue weighted by atomic mass is 10.2. The van der Waals surface area contributed by atoms with Gasteiger partial charge in [-0.1, -0.05) is 6.07 Å². The SMILES string of the molecule is CN(C)C(=O)c1cccc(S(=O)(=O)N2CCC(N3CCNCC3)C2)c1.Cl. The molecule has 1 amide bonds. The van der Waals surface area contributed by atoms with E-state index >= 15 is 0 Å². The highest BCUT2D eigenvalue weighted by molar-refractivity contribution is 7.89. The topological polar surface area (TPSA) is 73.0 Å². The summed E-state index contributed by atoms with van der Waals surface area (Å²) in [5.41, 5.74) is 0.393. The van der Waals surface area contributed by atoms with Gasteiger partial charge in [0.05, 0.1) is 4.90 Å². The summed E-state index contributed by atoms with van der Waals surface area (Å²) in [6, 6.07) is 6.61. The minimum atomic E-state index is -3.57. The average molecular weight is 403 g/mol. The van der Waals surface area contributed by atoms with Gasteiger partial charge in [0.1, 0.15) is 0 Å². The summed E-state index contributed by atoms with van der Waals surface area (Å²) in [5, 5.41) is 3.32. The monoisotopic (exact) mass is 402 g/mol. The number of rotatable bonds is 4. The number of piperazine rings is 1. The second kappa shape index (κ2) is 8.67. The molecule has 2 saturated heterocycles. The Morgan fingerprint density at radius 2 is 1.88 bits per heavy atom. The van der Waals surface area contributed by atoms with E-state index in [1.54, 1.807) is 36.6 Å². The summed E-state index contributed by atoms with van der Waals surface area (Å²) in [7, 11) is -0.262. The van der Waals surface area contributed by atoms with Gasteiger partial charge in [0.25, 0.3) is 5.91 Å². The number of nitrogens with one attached hydrogen (secondary N) is 1. The van der Waals surface area contributed by atoms with Gasteiger partial charge < -0.3 is 10.2 Å². The summed E-state index contributed by atoms with van der Waals surface area (Å²) in [6.45, 7) is 4.89. The standard InChI is InChI=1S/C17H26N4O3S.ClH/c1-19(2)17(22)14-4-3-5-16(12-14)25(23,24)21-9-6-15(13-21)20-10-7-18-8-11-20;/h3-5,12,15,18H,6-11,13H2,1-2H3;1H. The van der Waals surface area contributed by atoms with Crippen molar-refractivity contribution in [3.05, 3.63) is 29.8 Å². The summed E-state index contributed by atoms with van der Waals surface area (Å²) >= 11 is 0. The van der Waals surface area contributed by atoms with Gasteiger partial charge in [0, 0.05) is 65.0 Å². The third kappa shape index (κ3) is 4.37. The van der Waals surface area contributed by atoms with E-state index in [0.717, 1.165) is 32.6 Å². The van der Waals surface area contributed by atoms with Crippen LogP contribution in [0.1, 0.15) is 16.8 Å². The molecular weight excluding hydrogens is 376 g/mol. The zero-order chi connectivity index (χ0) is 18.0. The van der Waals surface area contributed by atoms with Crippen LogP contribution < -0.4 is 5.32 Å².